The molecular weight excluding hydrogens is 226 g/mol. The van der Waals surface area contributed by atoms with Gasteiger partial charge in [-0.1, -0.05) is 23.6 Å². The van der Waals surface area contributed by atoms with Crippen molar-refractivity contribution in [1.82, 2.24) is 5.32 Å². The Morgan fingerprint density at radius 3 is 2.80 bits per heavy atom. The van der Waals surface area contributed by atoms with E-state index in [0.29, 0.717) is 17.7 Å². The Morgan fingerprint density at radius 2 is 2.20 bits per heavy atom. The average molecular weight is 247 g/mol. The smallest absolute Gasteiger partial charge is 0.146 e. The summed E-state index contributed by atoms with van der Waals surface area (Å²) in [5, 5.41) is 3.37. The Bertz CT molecular complexity index is 211. The van der Waals surface area contributed by atoms with Crippen LogP contribution in [0.1, 0.15) is 39.0 Å². The average Bonchev–Trinajstić information content (AvgIpc) is 2.28. The summed E-state index contributed by atoms with van der Waals surface area (Å²) in [4.78, 5) is 11.8. The normalized spacial score (nSPS) is 28.7. The molecule has 0 radical (unpaired) electrons. The molecular formula is C11H21NOS2. The Hall–Kier alpha value is 0.330. The van der Waals surface area contributed by atoms with Crippen molar-refractivity contribution < 1.29 is 4.79 Å². The molecule has 1 aliphatic rings. The van der Waals surface area contributed by atoms with Gasteiger partial charge in [0.2, 0.25) is 0 Å². The van der Waals surface area contributed by atoms with E-state index in [0.717, 1.165) is 6.42 Å². The second-order valence-electron chi connectivity index (χ2n) is 4.36. The van der Waals surface area contributed by atoms with Crippen LogP contribution in [-0.4, -0.2) is 24.1 Å². The summed E-state index contributed by atoms with van der Waals surface area (Å²) in [5.41, 5.74) is 0. The first-order chi connectivity index (χ1) is 7.19. The number of thiol groups is 1. The predicted molar refractivity (Wildman–Crippen MR) is 70.5 cm³/mol. The van der Waals surface area contributed by atoms with Crippen LogP contribution in [0.4, 0.5) is 0 Å². The Balaban J connectivity index is 2.44. The highest BCUT2D eigenvalue weighted by Gasteiger charge is 2.27. The summed E-state index contributed by atoms with van der Waals surface area (Å²) in [7, 11) is 3.36. The van der Waals surface area contributed by atoms with Crippen LogP contribution in [0.5, 0.6) is 0 Å². The van der Waals surface area contributed by atoms with Crippen molar-refractivity contribution in [3.05, 3.63) is 0 Å². The van der Waals surface area contributed by atoms with E-state index >= 15 is 0 Å². The lowest BCUT2D eigenvalue weighted by Gasteiger charge is -2.31. The lowest BCUT2D eigenvalue weighted by Crippen LogP contribution is -2.38. The van der Waals surface area contributed by atoms with Gasteiger partial charge >= 0.3 is 0 Å². The maximum absolute atomic E-state index is 11.8. The third-order valence-corrected chi connectivity index (χ3v) is 4.88. The Labute approximate surface area is 102 Å². The van der Waals surface area contributed by atoms with Crippen LogP contribution in [0.3, 0.4) is 0 Å². The summed E-state index contributed by atoms with van der Waals surface area (Å²) < 4.78 is 0. The summed E-state index contributed by atoms with van der Waals surface area (Å²) in [5.74, 6) is 0.890. The molecule has 0 saturated heterocycles. The Morgan fingerprint density at radius 1 is 1.53 bits per heavy atom. The molecule has 4 heteroatoms. The van der Waals surface area contributed by atoms with E-state index in [4.69, 9.17) is 0 Å². The van der Waals surface area contributed by atoms with Gasteiger partial charge in [-0.2, -0.15) is 0 Å². The topological polar surface area (TPSA) is 29.1 Å². The molecule has 1 rings (SSSR count). The highest BCUT2D eigenvalue weighted by Crippen LogP contribution is 2.29. The highest BCUT2D eigenvalue weighted by molar-refractivity contribution is 8.69. The van der Waals surface area contributed by atoms with Gasteiger partial charge in [-0.3, -0.25) is 4.79 Å². The number of Topliss-reactive ketones (excluding diaryl/α,β-unsaturated/α-hetero) is 1. The quantitative estimate of drug-likeness (QED) is 0.578. The molecule has 2 nitrogen and oxygen atoms in total. The van der Waals surface area contributed by atoms with Crippen molar-refractivity contribution in [2.45, 2.75) is 50.3 Å². The van der Waals surface area contributed by atoms with E-state index in [9.17, 15) is 4.79 Å². The standard InChI is InChI=1S/C11H21NOS2/c1-8(15-14)11(13)7-9-5-3-4-6-10(9)12-2/h8-10,12,14H,3-7H2,1-2H3. The van der Waals surface area contributed by atoms with Crippen LogP contribution in [0.15, 0.2) is 0 Å². The first-order valence-corrected chi connectivity index (χ1v) is 7.62. The van der Waals surface area contributed by atoms with E-state index in [1.54, 1.807) is 0 Å². The molecule has 3 atom stereocenters. The molecule has 15 heavy (non-hydrogen) atoms. The van der Waals surface area contributed by atoms with E-state index < -0.39 is 0 Å². The minimum atomic E-state index is 0.0350. The molecule has 0 heterocycles. The number of carbonyl (C=O) groups is 1. The minimum absolute atomic E-state index is 0.0350. The first-order valence-electron chi connectivity index (χ1n) is 5.69. The van der Waals surface area contributed by atoms with Gasteiger partial charge in [-0.15, -0.1) is 11.7 Å². The van der Waals surface area contributed by atoms with Gasteiger partial charge in [0.25, 0.3) is 0 Å². The van der Waals surface area contributed by atoms with Crippen molar-refractivity contribution >= 4 is 28.2 Å². The van der Waals surface area contributed by atoms with E-state index in [-0.39, 0.29) is 5.25 Å². The number of ketones is 1. The molecule has 0 bridgehead atoms. The molecule has 0 aromatic heterocycles. The molecule has 1 saturated carbocycles. The summed E-state index contributed by atoms with van der Waals surface area (Å²) in [6.07, 6.45) is 5.71. The number of carbonyl (C=O) groups excluding carboxylic acids is 1. The van der Waals surface area contributed by atoms with Crippen molar-refractivity contribution in [3.8, 4) is 0 Å². The van der Waals surface area contributed by atoms with Crippen LogP contribution in [0.25, 0.3) is 0 Å². The molecule has 0 amide bonds. The molecule has 3 unspecified atom stereocenters. The molecule has 0 aromatic rings. The second kappa shape index (κ2) is 6.81. The lowest BCUT2D eigenvalue weighted by molar-refractivity contribution is -0.119. The van der Waals surface area contributed by atoms with Crippen molar-refractivity contribution in [2.24, 2.45) is 5.92 Å². The second-order valence-corrected chi connectivity index (χ2v) is 5.91. The maximum Gasteiger partial charge on any atom is 0.146 e. The number of rotatable bonds is 5. The van der Waals surface area contributed by atoms with E-state index in [1.165, 1.54) is 36.5 Å². The van der Waals surface area contributed by atoms with Crippen molar-refractivity contribution in [2.75, 3.05) is 7.05 Å². The fraction of sp³-hybridized carbons (Fsp3) is 0.909. The SMILES string of the molecule is CNC1CCCCC1CC(=O)C(C)SS. The van der Waals surface area contributed by atoms with Gasteiger partial charge < -0.3 is 5.32 Å². The van der Waals surface area contributed by atoms with Gasteiger partial charge in [0, 0.05) is 12.5 Å². The van der Waals surface area contributed by atoms with E-state index in [2.05, 4.69) is 17.0 Å². The molecule has 0 aliphatic heterocycles. The number of hydrogen-bond donors (Lipinski definition) is 2. The van der Waals surface area contributed by atoms with Gasteiger partial charge in [0.1, 0.15) is 5.78 Å². The highest BCUT2D eigenvalue weighted by atomic mass is 33.1. The molecule has 88 valence electrons. The number of hydrogen-bond acceptors (Lipinski definition) is 4. The molecule has 1 fully saturated rings. The monoisotopic (exact) mass is 247 g/mol. The number of nitrogens with one attached hydrogen (secondary N) is 1. The summed E-state index contributed by atoms with van der Waals surface area (Å²) in [6.45, 7) is 1.94. The van der Waals surface area contributed by atoms with Gasteiger partial charge in [-0.05, 0) is 32.7 Å². The Kier molecular flexibility index (Phi) is 6.09. The lowest BCUT2D eigenvalue weighted by atomic mass is 9.81. The minimum Gasteiger partial charge on any atom is -0.317 e. The van der Waals surface area contributed by atoms with Crippen LogP contribution >= 0.6 is 22.5 Å². The fourth-order valence-corrected chi connectivity index (χ4v) is 2.88. The van der Waals surface area contributed by atoms with Crippen LogP contribution < -0.4 is 5.32 Å². The fourth-order valence-electron chi connectivity index (χ4n) is 2.32. The zero-order chi connectivity index (χ0) is 11.3. The molecule has 0 aromatic carbocycles. The molecule has 1 aliphatic carbocycles. The van der Waals surface area contributed by atoms with Crippen LogP contribution in [0.2, 0.25) is 0 Å². The molecule has 0 spiro atoms. The van der Waals surface area contributed by atoms with Crippen molar-refractivity contribution in [3.63, 3.8) is 0 Å². The first kappa shape index (κ1) is 13.4. The van der Waals surface area contributed by atoms with Gasteiger partial charge in [0.05, 0.1) is 5.25 Å². The van der Waals surface area contributed by atoms with E-state index in [1.807, 2.05) is 14.0 Å². The largest absolute Gasteiger partial charge is 0.317 e. The zero-order valence-electron chi connectivity index (χ0n) is 9.53. The summed E-state index contributed by atoms with van der Waals surface area (Å²) in [6, 6.07) is 0.541. The maximum atomic E-state index is 11.8. The third-order valence-electron chi connectivity index (χ3n) is 3.35. The van der Waals surface area contributed by atoms with Crippen LogP contribution in [0, 0.1) is 5.92 Å². The zero-order valence-corrected chi connectivity index (χ0v) is 11.2. The molecule has 1 N–H and O–H groups in total. The summed E-state index contributed by atoms with van der Waals surface area (Å²) >= 11 is 4.10. The van der Waals surface area contributed by atoms with Crippen LogP contribution in [-0.2, 0) is 4.79 Å². The third kappa shape index (κ3) is 4.00. The van der Waals surface area contributed by atoms with Gasteiger partial charge in [-0.25, -0.2) is 0 Å². The van der Waals surface area contributed by atoms with Crippen molar-refractivity contribution in [1.29, 1.82) is 0 Å². The van der Waals surface area contributed by atoms with Gasteiger partial charge in [0.15, 0.2) is 0 Å². The predicted octanol–water partition coefficient (Wildman–Crippen LogP) is 2.69.